The second-order valence-corrected chi connectivity index (χ2v) is 6.85. The second-order valence-electron chi connectivity index (χ2n) is 5.53. The quantitative estimate of drug-likeness (QED) is 0.339. The fourth-order valence-electron chi connectivity index (χ4n) is 2.17. The van der Waals surface area contributed by atoms with Crippen molar-refractivity contribution in [2.45, 2.75) is 33.6 Å². The topological polar surface area (TPSA) is 82.1 Å². The van der Waals surface area contributed by atoms with Crippen molar-refractivity contribution < 1.29 is 28.6 Å². The molecule has 0 aliphatic carbocycles. The van der Waals surface area contributed by atoms with Gasteiger partial charge in [0.2, 0.25) is 5.91 Å². The largest absolute Gasteiger partial charge is 0.508 e. The van der Waals surface area contributed by atoms with Gasteiger partial charge in [-0.2, -0.15) is 11.8 Å². The Kier molecular flexibility index (Phi) is 14.2. The van der Waals surface area contributed by atoms with Crippen molar-refractivity contribution in [1.82, 2.24) is 4.90 Å². The minimum absolute atomic E-state index is 0.00414. The van der Waals surface area contributed by atoms with Gasteiger partial charge in [0.15, 0.2) is 0 Å². The number of hydrogen-bond donors (Lipinski definition) is 0. The van der Waals surface area contributed by atoms with Crippen molar-refractivity contribution in [2.75, 3.05) is 51.5 Å². The van der Waals surface area contributed by atoms with Crippen molar-refractivity contribution in [2.24, 2.45) is 5.92 Å². The van der Waals surface area contributed by atoms with Crippen LogP contribution < -0.4 is 0 Å². The summed E-state index contributed by atoms with van der Waals surface area (Å²) < 4.78 is 14.5. The number of amides is 1. The Morgan fingerprint density at radius 2 is 1.72 bits per heavy atom. The van der Waals surface area contributed by atoms with Crippen LogP contribution in [0.4, 0.5) is 4.79 Å². The normalized spacial score (nSPS) is 11.7. The highest BCUT2D eigenvalue weighted by Crippen LogP contribution is 2.16. The zero-order valence-electron chi connectivity index (χ0n) is 15.7. The number of hydrogen-bond acceptors (Lipinski definition) is 7. The highest BCUT2D eigenvalue weighted by molar-refractivity contribution is 7.99. The summed E-state index contributed by atoms with van der Waals surface area (Å²) in [5.74, 6) is 1.13. The number of ether oxygens (including phenoxy) is 3. The number of carbonyl (C=O) groups excluding carboxylic acids is 3. The Bertz CT molecular complexity index is 405. The molecule has 0 spiro atoms. The van der Waals surface area contributed by atoms with E-state index in [1.54, 1.807) is 16.7 Å². The van der Waals surface area contributed by atoms with Crippen LogP contribution in [0.2, 0.25) is 0 Å². The van der Waals surface area contributed by atoms with E-state index < -0.39 is 6.16 Å². The van der Waals surface area contributed by atoms with E-state index in [4.69, 9.17) is 14.2 Å². The average Bonchev–Trinajstić information content (AvgIpc) is 2.57. The Morgan fingerprint density at radius 1 is 1.04 bits per heavy atom. The zero-order chi connectivity index (χ0) is 19.1. The number of rotatable bonds is 14. The predicted octanol–water partition coefficient (Wildman–Crippen LogP) is 2.37. The minimum atomic E-state index is -0.775. The molecule has 25 heavy (non-hydrogen) atoms. The van der Waals surface area contributed by atoms with E-state index in [0.29, 0.717) is 18.9 Å². The smallest absolute Gasteiger partial charge is 0.432 e. The lowest BCUT2D eigenvalue weighted by Gasteiger charge is -2.26. The summed E-state index contributed by atoms with van der Waals surface area (Å²) in [5, 5.41) is 0. The number of thioether (sulfide) groups is 1. The Hall–Kier alpha value is -1.28. The molecule has 0 aromatic carbocycles. The van der Waals surface area contributed by atoms with Gasteiger partial charge in [-0.05, 0) is 19.1 Å². The summed E-state index contributed by atoms with van der Waals surface area (Å²) in [7, 11) is 1.51. The Morgan fingerprint density at radius 3 is 2.28 bits per heavy atom. The molecule has 0 N–H and O–H groups in total. The highest BCUT2D eigenvalue weighted by atomic mass is 32.2. The lowest BCUT2D eigenvalue weighted by atomic mass is 10.0. The molecule has 0 saturated heterocycles. The van der Waals surface area contributed by atoms with E-state index >= 15 is 0 Å². The maximum absolute atomic E-state index is 12.7. The Balaban J connectivity index is 4.53. The van der Waals surface area contributed by atoms with Crippen molar-refractivity contribution in [1.29, 1.82) is 0 Å². The van der Waals surface area contributed by atoms with E-state index in [-0.39, 0.29) is 43.8 Å². The molecule has 0 fully saturated rings. The first-order valence-corrected chi connectivity index (χ1v) is 9.76. The van der Waals surface area contributed by atoms with E-state index in [1.807, 2.05) is 13.8 Å². The summed E-state index contributed by atoms with van der Waals surface area (Å²) in [5.41, 5.74) is 0. The van der Waals surface area contributed by atoms with Gasteiger partial charge < -0.3 is 23.9 Å². The number of Topliss-reactive ketones (excluding diaryl/α,β-unsaturated/α-hetero) is 1. The minimum Gasteiger partial charge on any atom is -0.432 e. The third-order valence-corrected chi connectivity index (χ3v) is 4.35. The number of nitrogens with zero attached hydrogens (tertiary/aromatic N) is 1. The summed E-state index contributed by atoms with van der Waals surface area (Å²) in [4.78, 5) is 37.2. The molecule has 0 rings (SSSR count). The fraction of sp³-hybridized carbons (Fsp3) is 0.824. The van der Waals surface area contributed by atoms with Crippen molar-refractivity contribution in [3.05, 3.63) is 0 Å². The van der Waals surface area contributed by atoms with Gasteiger partial charge in [-0.3, -0.25) is 4.79 Å². The van der Waals surface area contributed by atoms with Gasteiger partial charge in [-0.1, -0.05) is 13.8 Å². The van der Waals surface area contributed by atoms with Crippen LogP contribution in [0.25, 0.3) is 0 Å². The molecular formula is C17H31NO6S. The SMILES string of the molecule is CCCN(CCOC(=O)OCCOC)C(=O)[C@@H](CSCC)CC(C)=O. The Labute approximate surface area is 154 Å². The lowest BCUT2D eigenvalue weighted by Crippen LogP contribution is -2.40. The molecule has 0 heterocycles. The zero-order valence-corrected chi connectivity index (χ0v) is 16.6. The standard InChI is InChI=1S/C17H31NO6S/c1-5-7-18(8-9-23-17(21)24-11-10-22-4)16(20)15(12-14(3)19)13-25-6-2/h15H,5-13H2,1-4H3/t15-/m1/s1. The molecule has 1 atom stereocenters. The molecule has 0 aromatic heterocycles. The maximum atomic E-state index is 12.7. The maximum Gasteiger partial charge on any atom is 0.508 e. The first kappa shape index (κ1) is 23.7. The monoisotopic (exact) mass is 377 g/mol. The molecule has 0 aliphatic rings. The lowest BCUT2D eigenvalue weighted by molar-refractivity contribution is -0.137. The van der Waals surface area contributed by atoms with Gasteiger partial charge in [-0.25, -0.2) is 4.79 Å². The van der Waals surface area contributed by atoms with Crippen LogP contribution in [0.5, 0.6) is 0 Å². The molecule has 0 radical (unpaired) electrons. The van der Waals surface area contributed by atoms with Crippen molar-refractivity contribution in [3.8, 4) is 0 Å². The van der Waals surface area contributed by atoms with E-state index in [1.165, 1.54) is 14.0 Å². The van der Waals surface area contributed by atoms with Gasteiger partial charge in [0, 0.05) is 25.8 Å². The van der Waals surface area contributed by atoms with Gasteiger partial charge in [0.05, 0.1) is 19.1 Å². The number of methoxy groups -OCH3 is 1. The molecule has 1 amide bonds. The van der Waals surface area contributed by atoms with Crippen molar-refractivity contribution >= 4 is 29.6 Å². The van der Waals surface area contributed by atoms with Crippen LogP contribution in [0.1, 0.15) is 33.6 Å². The van der Waals surface area contributed by atoms with Gasteiger partial charge >= 0.3 is 6.16 Å². The van der Waals surface area contributed by atoms with Crippen LogP contribution in [0.15, 0.2) is 0 Å². The fourth-order valence-corrected chi connectivity index (χ4v) is 2.95. The second kappa shape index (κ2) is 15.0. The number of carbonyl (C=O) groups is 3. The van der Waals surface area contributed by atoms with Crippen LogP contribution in [-0.4, -0.2) is 74.3 Å². The molecule has 0 aliphatic heterocycles. The van der Waals surface area contributed by atoms with E-state index in [9.17, 15) is 14.4 Å². The first-order valence-electron chi connectivity index (χ1n) is 8.60. The van der Waals surface area contributed by atoms with E-state index in [2.05, 4.69) is 0 Å². The molecule has 146 valence electrons. The summed E-state index contributed by atoms with van der Waals surface area (Å²) in [6, 6.07) is 0. The van der Waals surface area contributed by atoms with Crippen LogP contribution in [-0.2, 0) is 23.8 Å². The van der Waals surface area contributed by atoms with E-state index in [0.717, 1.165) is 12.2 Å². The molecule has 0 saturated carbocycles. The molecular weight excluding hydrogens is 346 g/mol. The molecule has 0 aromatic rings. The van der Waals surface area contributed by atoms with Gasteiger partial charge in [-0.15, -0.1) is 0 Å². The first-order chi connectivity index (χ1) is 12.0. The number of ketones is 1. The highest BCUT2D eigenvalue weighted by Gasteiger charge is 2.25. The van der Waals surface area contributed by atoms with Crippen molar-refractivity contribution in [3.63, 3.8) is 0 Å². The third-order valence-electron chi connectivity index (χ3n) is 3.30. The molecule has 7 nitrogen and oxygen atoms in total. The van der Waals surface area contributed by atoms with Gasteiger partial charge in [0.25, 0.3) is 0 Å². The molecule has 0 unspecified atom stereocenters. The summed E-state index contributed by atoms with van der Waals surface area (Å²) in [6.45, 7) is 6.84. The molecule has 0 bridgehead atoms. The molecule has 8 heteroatoms. The summed E-state index contributed by atoms with van der Waals surface area (Å²) in [6.07, 6.45) is 0.256. The van der Waals surface area contributed by atoms with Crippen LogP contribution in [0.3, 0.4) is 0 Å². The average molecular weight is 378 g/mol. The third kappa shape index (κ3) is 11.8. The van der Waals surface area contributed by atoms with Crippen LogP contribution >= 0.6 is 11.8 Å². The summed E-state index contributed by atoms with van der Waals surface area (Å²) >= 11 is 1.65. The predicted molar refractivity (Wildman–Crippen MR) is 97.8 cm³/mol. The van der Waals surface area contributed by atoms with Gasteiger partial charge in [0.1, 0.15) is 19.0 Å². The van der Waals surface area contributed by atoms with Crippen LogP contribution in [0, 0.1) is 5.92 Å².